The zero-order valence-corrected chi connectivity index (χ0v) is 21.1. The van der Waals surface area contributed by atoms with Crippen LogP contribution in [0.3, 0.4) is 0 Å². The van der Waals surface area contributed by atoms with Gasteiger partial charge in [-0.3, -0.25) is 19.7 Å². The zero-order chi connectivity index (χ0) is 27.1. The Morgan fingerprint density at radius 3 is 2.58 bits per heavy atom. The zero-order valence-electron chi connectivity index (χ0n) is 20.3. The summed E-state index contributed by atoms with van der Waals surface area (Å²) in [6.07, 6.45) is 1.69. The van der Waals surface area contributed by atoms with Gasteiger partial charge in [0.25, 0.3) is 17.5 Å². The predicted molar refractivity (Wildman–Crippen MR) is 144 cm³/mol. The first-order valence-electron chi connectivity index (χ1n) is 11.1. The van der Waals surface area contributed by atoms with Crippen LogP contribution in [-0.2, 0) is 9.59 Å². The van der Waals surface area contributed by atoms with Crippen molar-refractivity contribution < 1.29 is 28.7 Å². The van der Waals surface area contributed by atoms with Gasteiger partial charge in [0.2, 0.25) is 0 Å². The molecule has 4 rings (SSSR count). The Kier molecular flexibility index (Phi) is 8.23. The molecule has 12 heteroatoms. The van der Waals surface area contributed by atoms with Crippen LogP contribution in [0.4, 0.5) is 17.1 Å². The Morgan fingerprint density at radius 2 is 1.87 bits per heavy atom. The number of non-ortho nitro benzene ring substituents is 1. The van der Waals surface area contributed by atoms with E-state index in [9.17, 15) is 19.7 Å². The smallest absolute Gasteiger partial charge is 0.271 e. The molecule has 1 fully saturated rings. The number of nitrogens with zero attached hydrogens (tertiary/aromatic N) is 2. The van der Waals surface area contributed by atoms with E-state index in [1.54, 1.807) is 55.7 Å². The van der Waals surface area contributed by atoms with E-state index in [1.807, 2.05) is 0 Å². The molecule has 0 radical (unpaired) electrons. The highest BCUT2D eigenvalue weighted by molar-refractivity contribution is 8.18. The second-order valence-electron chi connectivity index (χ2n) is 7.73. The molecule has 0 aromatic heterocycles. The lowest BCUT2D eigenvalue weighted by molar-refractivity contribution is -0.384. The molecule has 38 heavy (non-hydrogen) atoms. The number of carbonyl (C=O) groups is 2. The minimum absolute atomic E-state index is 0.136. The third kappa shape index (κ3) is 6.68. The molecule has 0 atom stereocenters. The first kappa shape index (κ1) is 26.2. The molecular weight excluding hydrogens is 512 g/mol. The van der Waals surface area contributed by atoms with Gasteiger partial charge in [0, 0.05) is 17.8 Å². The van der Waals surface area contributed by atoms with Crippen molar-refractivity contribution in [1.82, 2.24) is 5.32 Å². The summed E-state index contributed by atoms with van der Waals surface area (Å²) in [4.78, 5) is 40.0. The van der Waals surface area contributed by atoms with Gasteiger partial charge in [0.05, 0.1) is 29.7 Å². The number of aliphatic imine (C=N–C) groups is 1. The van der Waals surface area contributed by atoms with Crippen LogP contribution >= 0.6 is 11.8 Å². The molecule has 2 N–H and O–H groups in total. The number of nitro groups is 1. The van der Waals surface area contributed by atoms with E-state index in [0.717, 1.165) is 0 Å². The lowest BCUT2D eigenvalue weighted by Crippen LogP contribution is -2.20. The molecule has 11 nitrogen and oxygen atoms in total. The summed E-state index contributed by atoms with van der Waals surface area (Å²) < 4.78 is 16.1. The first-order valence-corrected chi connectivity index (χ1v) is 11.9. The predicted octanol–water partition coefficient (Wildman–Crippen LogP) is 4.52. The van der Waals surface area contributed by atoms with Crippen molar-refractivity contribution in [2.45, 2.75) is 0 Å². The lowest BCUT2D eigenvalue weighted by atomic mass is 10.2. The topological polar surface area (TPSA) is 141 Å². The molecule has 0 aliphatic carbocycles. The molecule has 1 saturated heterocycles. The molecule has 0 spiro atoms. The van der Waals surface area contributed by atoms with Gasteiger partial charge in [-0.25, -0.2) is 4.99 Å². The van der Waals surface area contributed by atoms with Gasteiger partial charge in [0.1, 0.15) is 5.75 Å². The van der Waals surface area contributed by atoms with E-state index in [1.165, 1.54) is 43.1 Å². The van der Waals surface area contributed by atoms with Crippen LogP contribution < -0.4 is 24.8 Å². The van der Waals surface area contributed by atoms with Gasteiger partial charge >= 0.3 is 0 Å². The van der Waals surface area contributed by atoms with E-state index in [0.29, 0.717) is 38.6 Å². The number of methoxy groups -OCH3 is 2. The Bertz CT molecular complexity index is 1440. The third-order valence-corrected chi connectivity index (χ3v) is 6.05. The molecule has 2 amide bonds. The van der Waals surface area contributed by atoms with Crippen molar-refractivity contribution in [2.24, 2.45) is 4.99 Å². The molecule has 1 aliphatic rings. The Balaban J connectivity index is 1.40. The summed E-state index contributed by atoms with van der Waals surface area (Å²) in [5.74, 6) is 0.607. The highest BCUT2D eigenvalue weighted by Crippen LogP contribution is 2.32. The van der Waals surface area contributed by atoms with Crippen LogP contribution in [0.1, 0.15) is 5.56 Å². The first-order chi connectivity index (χ1) is 18.3. The summed E-state index contributed by atoms with van der Waals surface area (Å²) in [7, 11) is 3.04. The van der Waals surface area contributed by atoms with E-state index in [2.05, 4.69) is 15.6 Å². The maximum Gasteiger partial charge on any atom is 0.271 e. The van der Waals surface area contributed by atoms with E-state index < -0.39 is 10.8 Å². The maximum absolute atomic E-state index is 12.4. The number of ether oxygens (including phenoxy) is 3. The number of anilines is 1. The Morgan fingerprint density at radius 1 is 1.08 bits per heavy atom. The SMILES string of the molecule is COc1ccc(N=C2NC(=O)/C(=C\c3ccc(OCC(=O)Nc4cccc([N+](=O)[O-])c4)c(OC)c3)S2)cc1. The second-order valence-corrected chi connectivity index (χ2v) is 8.76. The van der Waals surface area contributed by atoms with Gasteiger partial charge in [-0.1, -0.05) is 12.1 Å². The fourth-order valence-electron chi connectivity index (χ4n) is 3.34. The Labute approximate surface area is 221 Å². The molecule has 194 valence electrons. The number of carbonyl (C=O) groups excluding carboxylic acids is 2. The van der Waals surface area contributed by atoms with Crippen LogP contribution in [0.2, 0.25) is 0 Å². The van der Waals surface area contributed by atoms with Crippen LogP contribution in [0.5, 0.6) is 17.2 Å². The number of nitrogens with one attached hydrogen (secondary N) is 2. The van der Waals surface area contributed by atoms with Crippen molar-refractivity contribution in [1.29, 1.82) is 0 Å². The standard InChI is InChI=1S/C26H22N4O7S/c1-35-20-9-7-17(8-10-20)28-26-29-25(32)23(38-26)13-16-6-11-21(22(12-16)36-2)37-15-24(31)27-18-4-3-5-19(14-18)30(33)34/h3-14H,15H2,1-2H3,(H,27,31)(H,28,29,32)/b23-13+. The van der Waals surface area contributed by atoms with Crippen molar-refractivity contribution in [3.63, 3.8) is 0 Å². The monoisotopic (exact) mass is 534 g/mol. The van der Waals surface area contributed by atoms with Crippen LogP contribution in [-0.4, -0.2) is 42.7 Å². The summed E-state index contributed by atoms with van der Waals surface area (Å²) in [5, 5.41) is 16.6. The van der Waals surface area contributed by atoms with Crippen molar-refractivity contribution in [2.75, 3.05) is 26.1 Å². The molecule has 1 heterocycles. The number of benzene rings is 3. The Hall–Kier alpha value is -4.84. The number of hydrogen-bond donors (Lipinski definition) is 2. The highest BCUT2D eigenvalue weighted by atomic mass is 32.2. The number of rotatable bonds is 9. The van der Waals surface area contributed by atoms with E-state index >= 15 is 0 Å². The molecule has 0 bridgehead atoms. The van der Waals surface area contributed by atoms with E-state index in [-0.39, 0.29) is 23.9 Å². The normalized spacial score (nSPS) is 14.7. The van der Waals surface area contributed by atoms with Gasteiger partial charge < -0.3 is 24.8 Å². The van der Waals surface area contributed by atoms with Crippen molar-refractivity contribution in [3.05, 3.63) is 87.3 Å². The maximum atomic E-state index is 12.4. The minimum Gasteiger partial charge on any atom is -0.497 e. The summed E-state index contributed by atoms with van der Waals surface area (Å²) >= 11 is 1.21. The van der Waals surface area contributed by atoms with Gasteiger partial charge in [0.15, 0.2) is 23.3 Å². The van der Waals surface area contributed by atoms with Crippen molar-refractivity contribution >= 4 is 51.9 Å². The van der Waals surface area contributed by atoms with Crippen LogP contribution in [0.15, 0.2) is 76.6 Å². The quantitative estimate of drug-likeness (QED) is 0.232. The molecule has 0 unspecified atom stereocenters. The second kappa shape index (κ2) is 11.9. The van der Waals surface area contributed by atoms with E-state index in [4.69, 9.17) is 14.2 Å². The number of thioether (sulfide) groups is 1. The number of amides is 2. The number of nitro benzene ring substituents is 1. The van der Waals surface area contributed by atoms with Gasteiger partial charge in [-0.2, -0.15) is 0 Å². The van der Waals surface area contributed by atoms with Gasteiger partial charge in [-0.05, 0) is 65.9 Å². The summed E-state index contributed by atoms with van der Waals surface area (Å²) in [6.45, 7) is -0.344. The fraction of sp³-hybridized carbons (Fsp3) is 0.115. The average molecular weight is 535 g/mol. The molecule has 3 aromatic rings. The lowest BCUT2D eigenvalue weighted by Gasteiger charge is -2.11. The van der Waals surface area contributed by atoms with Crippen LogP contribution in [0, 0.1) is 10.1 Å². The van der Waals surface area contributed by atoms with Gasteiger partial charge in [-0.15, -0.1) is 0 Å². The third-order valence-electron chi connectivity index (χ3n) is 5.14. The molecule has 1 aliphatic heterocycles. The van der Waals surface area contributed by atoms with Crippen LogP contribution in [0.25, 0.3) is 6.08 Å². The molecule has 3 aromatic carbocycles. The number of hydrogen-bond acceptors (Lipinski definition) is 9. The fourth-order valence-corrected chi connectivity index (χ4v) is 4.18. The summed E-state index contributed by atoms with van der Waals surface area (Å²) in [5.41, 5.74) is 1.50. The summed E-state index contributed by atoms with van der Waals surface area (Å²) in [6, 6.07) is 17.7. The average Bonchev–Trinajstić information content (AvgIpc) is 3.26. The minimum atomic E-state index is -0.546. The molecule has 0 saturated carbocycles. The number of amidine groups is 1. The largest absolute Gasteiger partial charge is 0.497 e. The highest BCUT2D eigenvalue weighted by Gasteiger charge is 2.24. The molecular formula is C26H22N4O7S. The van der Waals surface area contributed by atoms with Crippen molar-refractivity contribution in [3.8, 4) is 17.2 Å².